The molecule has 3 heterocycles. The number of fused-ring (bicyclic) bond motifs is 1. The molecule has 2 aromatic heterocycles. The summed E-state index contributed by atoms with van der Waals surface area (Å²) in [4.78, 5) is 19.7. The minimum atomic E-state index is -0.624. The maximum absolute atomic E-state index is 13.3. The van der Waals surface area contributed by atoms with Crippen molar-refractivity contribution in [1.82, 2.24) is 9.55 Å². The molecular formula is C26H34BN3O4. The molecule has 0 amide bonds. The Kier molecular flexibility index (Phi) is 5.81. The van der Waals surface area contributed by atoms with E-state index in [2.05, 4.69) is 4.98 Å². The number of anilines is 1. The molecule has 34 heavy (non-hydrogen) atoms. The largest absolute Gasteiger partial charge is 0.494 e. The van der Waals surface area contributed by atoms with Gasteiger partial charge in [-0.2, -0.15) is 0 Å². The van der Waals surface area contributed by atoms with Gasteiger partial charge in [0.15, 0.2) is 0 Å². The maximum Gasteiger partial charge on any atom is 0.494 e. The van der Waals surface area contributed by atoms with Crippen LogP contribution in [0, 0.1) is 0 Å². The SMILES string of the molecule is CN(C)c1cc(-c2cc3cc(B4OC(C)(C)C(C)(C)O4)ccc3n2C(=O)OC(C)(C)C)ccn1. The van der Waals surface area contributed by atoms with Crippen LogP contribution in [0.2, 0.25) is 0 Å². The van der Waals surface area contributed by atoms with Crippen LogP contribution in [0.1, 0.15) is 48.5 Å². The highest BCUT2D eigenvalue weighted by Crippen LogP contribution is 2.37. The first-order valence-electron chi connectivity index (χ1n) is 11.6. The van der Waals surface area contributed by atoms with Crippen molar-refractivity contribution in [3.63, 3.8) is 0 Å². The fraction of sp³-hybridized carbons (Fsp3) is 0.462. The lowest BCUT2D eigenvalue weighted by Crippen LogP contribution is -2.41. The van der Waals surface area contributed by atoms with E-state index < -0.39 is 30.0 Å². The first-order valence-corrected chi connectivity index (χ1v) is 11.6. The van der Waals surface area contributed by atoms with Gasteiger partial charge in [0.25, 0.3) is 0 Å². The Morgan fingerprint density at radius 1 is 1.03 bits per heavy atom. The van der Waals surface area contributed by atoms with Gasteiger partial charge >= 0.3 is 13.2 Å². The minimum Gasteiger partial charge on any atom is -0.443 e. The number of carbonyl (C=O) groups excluding carboxylic acids is 1. The Labute approximate surface area is 202 Å². The van der Waals surface area contributed by atoms with Gasteiger partial charge in [0.2, 0.25) is 0 Å². The zero-order valence-corrected chi connectivity index (χ0v) is 21.6. The van der Waals surface area contributed by atoms with E-state index in [4.69, 9.17) is 14.0 Å². The minimum absolute atomic E-state index is 0.427. The fourth-order valence-corrected chi connectivity index (χ4v) is 3.90. The third-order valence-corrected chi connectivity index (χ3v) is 6.43. The van der Waals surface area contributed by atoms with Crippen LogP contribution >= 0.6 is 0 Å². The van der Waals surface area contributed by atoms with Crippen LogP contribution in [0.5, 0.6) is 0 Å². The summed E-state index contributed by atoms with van der Waals surface area (Å²) >= 11 is 0. The summed E-state index contributed by atoms with van der Waals surface area (Å²) in [5.41, 5.74) is 1.79. The Hall–Kier alpha value is -2.84. The molecule has 0 spiro atoms. The van der Waals surface area contributed by atoms with E-state index in [0.29, 0.717) is 0 Å². The van der Waals surface area contributed by atoms with E-state index in [9.17, 15) is 4.79 Å². The highest BCUT2D eigenvalue weighted by atomic mass is 16.7. The number of pyridine rings is 1. The van der Waals surface area contributed by atoms with E-state index in [1.54, 1.807) is 10.8 Å². The summed E-state index contributed by atoms with van der Waals surface area (Å²) in [5, 5.41) is 0.899. The number of hydrogen-bond donors (Lipinski definition) is 0. The van der Waals surface area contributed by atoms with Crippen LogP contribution in [0.3, 0.4) is 0 Å². The Morgan fingerprint density at radius 2 is 1.68 bits per heavy atom. The summed E-state index contributed by atoms with van der Waals surface area (Å²) in [6, 6.07) is 11.8. The zero-order valence-electron chi connectivity index (χ0n) is 21.6. The van der Waals surface area contributed by atoms with Crippen molar-refractivity contribution in [1.29, 1.82) is 0 Å². The monoisotopic (exact) mass is 463 g/mol. The molecule has 1 saturated heterocycles. The average Bonchev–Trinajstić information content (AvgIpc) is 3.20. The van der Waals surface area contributed by atoms with Crippen LogP contribution in [0.15, 0.2) is 42.6 Å². The molecule has 3 aromatic rings. The quantitative estimate of drug-likeness (QED) is 0.518. The van der Waals surface area contributed by atoms with Gasteiger partial charge in [-0.1, -0.05) is 12.1 Å². The number of benzene rings is 1. The highest BCUT2D eigenvalue weighted by molar-refractivity contribution is 6.62. The average molecular weight is 463 g/mol. The summed E-state index contributed by atoms with van der Waals surface area (Å²) in [6.07, 6.45) is 1.32. The van der Waals surface area contributed by atoms with Gasteiger partial charge in [-0.15, -0.1) is 0 Å². The zero-order chi connectivity index (χ0) is 25.1. The topological polar surface area (TPSA) is 65.8 Å². The first-order chi connectivity index (χ1) is 15.7. The molecule has 0 saturated carbocycles. The normalized spacial score (nSPS) is 17.3. The van der Waals surface area contributed by atoms with Crippen molar-refractivity contribution in [2.45, 2.75) is 65.3 Å². The first kappa shape index (κ1) is 24.3. The van der Waals surface area contributed by atoms with Gasteiger partial charge in [0, 0.05) is 31.2 Å². The number of hydrogen-bond acceptors (Lipinski definition) is 6. The Morgan fingerprint density at radius 3 is 2.26 bits per heavy atom. The number of rotatable bonds is 3. The van der Waals surface area contributed by atoms with Crippen LogP contribution in [-0.4, -0.2) is 53.7 Å². The fourth-order valence-electron chi connectivity index (χ4n) is 3.90. The van der Waals surface area contributed by atoms with Crippen molar-refractivity contribution in [3.8, 4) is 11.3 Å². The second-order valence-electron chi connectivity index (χ2n) is 11.0. The molecule has 7 nitrogen and oxygen atoms in total. The van der Waals surface area contributed by atoms with Gasteiger partial charge in [0.05, 0.1) is 22.4 Å². The Bertz CT molecular complexity index is 1220. The summed E-state index contributed by atoms with van der Waals surface area (Å²) in [6.45, 7) is 13.7. The van der Waals surface area contributed by atoms with Crippen LogP contribution in [-0.2, 0) is 14.0 Å². The molecule has 0 atom stereocenters. The molecule has 180 valence electrons. The van der Waals surface area contributed by atoms with Crippen molar-refractivity contribution in [2.75, 3.05) is 19.0 Å². The maximum atomic E-state index is 13.3. The lowest BCUT2D eigenvalue weighted by Gasteiger charge is -2.32. The summed E-state index contributed by atoms with van der Waals surface area (Å²) in [5.74, 6) is 0.802. The standard InChI is InChI=1S/C26H34BN3O4/c1-24(2,3)32-23(31)30-20-11-10-19(27-33-25(4,5)26(6,7)34-27)14-18(20)15-21(30)17-12-13-28-22(16-17)29(8)9/h10-16H,1-9H3. The molecule has 0 bridgehead atoms. The highest BCUT2D eigenvalue weighted by Gasteiger charge is 2.51. The summed E-state index contributed by atoms with van der Waals surface area (Å²) in [7, 11) is 3.39. The number of carbonyl (C=O) groups is 1. The molecule has 0 radical (unpaired) electrons. The van der Waals surface area contributed by atoms with Gasteiger partial charge < -0.3 is 18.9 Å². The lowest BCUT2D eigenvalue weighted by atomic mass is 9.78. The molecule has 0 aliphatic carbocycles. The van der Waals surface area contributed by atoms with Crippen molar-refractivity contribution in [3.05, 3.63) is 42.6 Å². The van der Waals surface area contributed by atoms with Crippen LogP contribution in [0.4, 0.5) is 10.6 Å². The van der Waals surface area contributed by atoms with Gasteiger partial charge in [-0.3, -0.25) is 0 Å². The number of aromatic nitrogens is 2. The summed E-state index contributed by atoms with van der Waals surface area (Å²) < 4.78 is 19.9. The van der Waals surface area contributed by atoms with Crippen molar-refractivity contribution in [2.24, 2.45) is 0 Å². The smallest absolute Gasteiger partial charge is 0.443 e. The van der Waals surface area contributed by atoms with E-state index >= 15 is 0 Å². The van der Waals surface area contributed by atoms with Crippen molar-refractivity contribution >= 4 is 35.4 Å². The third kappa shape index (κ3) is 4.44. The van der Waals surface area contributed by atoms with E-state index in [0.717, 1.165) is 33.4 Å². The predicted molar refractivity (Wildman–Crippen MR) is 137 cm³/mol. The van der Waals surface area contributed by atoms with E-state index in [1.807, 2.05) is 104 Å². The van der Waals surface area contributed by atoms with Crippen LogP contribution < -0.4 is 10.4 Å². The third-order valence-electron chi connectivity index (χ3n) is 6.43. The molecule has 1 fully saturated rings. The molecule has 0 unspecified atom stereocenters. The Balaban J connectivity index is 1.84. The van der Waals surface area contributed by atoms with Gasteiger partial charge in [-0.25, -0.2) is 14.3 Å². The molecule has 8 heteroatoms. The molecule has 1 aromatic carbocycles. The molecular weight excluding hydrogens is 429 g/mol. The van der Waals surface area contributed by atoms with Gasteiger partial charge in [-0.05, 0) is 78.2 Å². The van der Waals surface area contributed by atoms with E-state index in [1.165, 1.54) is 0 Å². The van der Waals surface area contributed by atoms with Crippen molar-refractivity contribution < 1.29 is 18.8 Å². The second kappa shape index (κ2) is 8.13. The molecule has 1 aliphatic heterocycles. The molecule has 4 rings (SSSR count). The van der Waals surface area contributed by atoms with Gasteiger partial charge in [0.1, 0.15) is 11.4 Å². The van der Waals surface area contributed by atoms with Crippen LogP contribution in [0.25, 0.3) is 22.2 Å². The molecule has 0 N–H and O–H groups in total. The van der Waals surface area contributed by atoms with E-state index in [-0.39, 0.29) is 0 Å². The number of ether oxygens (including phenoxy) is 1. The number of nitrogens with zero attached hydrogens (tertiary/aromatic N) is 3. The molecule has 1 aliphatic rings. The predicted octanol–water partition coefficient (Wildman–Crippen LogP) is 4.85. The second-order valence-corrected chi connectivity index (χ2v) is 11.0. The lowest BCUT2D eigenvalue weighted by molar-refractivity contribution is 0.00578.